The van der Waals surface area contributed by atoms with Crippen LogP contribution < -0.4 is 0 Å². The van der Waals surface area contributed by atoms with Crippen molar-refractivity contribution in [3.05, 3.63) is 35.5 Å². The van der Waals surface area contributed by atoms with Gasteiger partial charge in [-0.25, -0.2) is 4.79 Å². The van der Waals surface area contributed by atoms with Gasteiger partial charge in [0.2, 0.25) is 0 Å². The van der Waals surface area contributed by atoms with Crippen LogP contribution in [0.15, 0.2) is 24.3 Å². The summed E-state index contributed by atoms with van der Waals surface area (Å²) in [6.45, 7) is 1.93. The third-order valence-corrected chi connectivity index (χ3v) is 2.04. The number of carboxylic acid groups (broad SMARTS) is 1. The summed E-state index contributed by atoms with van der Waals surface area (Å²) in [5.74, 6) is -1.08. The minimum absolute atomic E-state index is 0.0550. The molecule has 1 heterocycles. The Morgan fingerprint density at radius 3 is 2.87 bits per heavy atom. The van der Waals surface area contributed by atoms with Crippen molar-refractivity contribution in [1.82, 2.24) is 15.4 Å². The molecule has 0 saturated heterocycles. The van der Waals surface area contributed by atoms with Gasteiger partial charge < -0.3 is 5.11 Å². The van der Waals surface area contributed by atoms with Gasteiger partial charge in [0.15, 0.2) is 5.69 Å². The maximum Gasteiger partial charge on any atom is 0.358 e. The van der Waals surface area contributed by atoms with Crippen LogP contribution in [0.5, 0.6) is 0 Å². The number of aryl methyl sites for hydroxylation is 1. The van der Waals surface area contributed by atoms with Crippen molar-refractivity contribution < 1.29 is 9.90 Å². The lowest BCUT2D eigenvalue weighted by Crippen LogP contribution is -1.99. The van der Waals surface area contributed by atoms with E-state index in [-0.39, 0.29) is 5.69 Å². The molecule has 0 aliphatic heterocycles. The SMILES string of the molecule is Cc1cccc(-c2n[nH]nc2C(=O)O)c1. The number of aromatic carboxylic acids is 1. The van der Waals surface area contributed by atoms with Crippen LogP contribution in [0.3, 0.4) is 0 Å². The van der Waals surface area contributed by atoms with Gasteiger partial charge in [0.1, 0.15) is 5.69 Å². The van der Waals surface area contributed by atoms with Gasteiger partial charge in [0, 0.05) is 5.56 Å². The Morgan fingerprint density at radius 1 is 1.40 bits per heavy atom. The van der Waals surface area contributed by atoms with Gasteiger partial charge in [-0.15, -0.1) is 5.10 Å². The number of benzene rings is 1. The average Bonchev–Trinajstić information content (AvgIpc) is 2.65. The monoisotopic (exact) mass is 203 g/mol. The van der Waals surface area contributed by atoms with Crippen molar-refractivity contribution >= 4 is 5.97 Å². The minimum atomic E-state index is -1.08. The normalized spacial score (nSPS) is 10.2. The van der Waals surface area contributed by atoms with Crippen LogP contribution in [0.1, 0.15) is 16.1 Å². The summed E-state index contributed by atoms with van der Waals surface area (Å²) in [7, 11) is 0. The first-order valence-corrected chi connectivity index (χ1v) is 4.39. The third kappa shape index (κ3) is 1.71. The van der Waals surface area contributed by atoms with Gasteiger partial charge in [-0.1, -0.05) is 23.8 Å². The molecular formula is C10H9N3O2. The highest BCUT2D eigenvalue weighted by atomic mass is 16.4. The molecule has 0 spiro atoms. The van der Waals surface area contributed by atoms with Crippen LogP contribution in [0.25, 0.3) is 11.3 Å². The zero-order chi connectivity index (χ0) is 10.8. The molecule has 2 aromatic rings. The summed E-state index contributed by atoms with van der Waals surface area (Å²) >= 11 is 0. The Balaban J connectivity index is 2.54. The molecule has 0 atom stereocenters. The predicted octanol–water partition coefficient (Wildman–Crippen LogP) is 1.48. The van der Waals surface area contributed by atoms with E-state index in [4.69, 9.17) is 5.11 Å². The van der Waals surface area contributed by atoms with Gasteiger partial charge in [0.05, 0.1) is 0 Å². The summed E-state index contributed by atoms with van der Waals surface area (Å²) in [4.78, 5) is 10.8. The molecule has 0 saturated carbocycles. The number of hydrogen-bond acceptors (Lipinski definition) is 3. The van der Waals surface area contributed by atoms with Crippen LogP contribution in [0.4, 0.5) is 0 Å². The van der Waals surface area contributed by atoms with E-state index in [1.165, 1.54) is 0 Å². The second-order valence-electron chi connectivity index (χ2n) is 3.20. The van der Waals surface area contributed by atoms with E-state index >= 15 is 0 Å². The van der Waals surface area contributed by atoms with E-state index in [0.29, 0.717) is 5.69 Å². The van der Waals surface area contributed by atoms with Gasteiger partial charge >= 0.3 is 5.97 Å². The highest BCUT2D eigenvalue weighted by Gasteiger charge is 2.16. The minimum Gasteiger partial charge on any atom is -0.476 e. The second-order valence-corrected chi connectivity index (χ2v) is 3.20. The van der Waals surface area contributed by atoms with Gasteiger partial charge in [0.25, 0.3) is 0 Å². The highest BCUT2D eigenvalue weighted by molar-refractivity contribution is 5.92. The number of rotatable bonds is 2. The maximum absolute atomic E-state index is 10.8. The number of aromatic nitrogens is 3. The molecule has 0 aliphatic carbocycles. The molecule has 2 rings (SSSR count). The Morgan fingerprint density at radius 2 is 2.20 bits per heavy atom. The molecule has 1 aromatic carbocycles. The number of nitrogens with zero attached hydrogens (tertiary/aromatic N) is 2. The first kappa shape index (κ1) is 9.39. The quantitative estimate of drug-likeness (QED) is 0.774. The van der Waals surface area contributed by atoms with Gasteiger partial charge in [-0.2, -0.15) is 10.3 Å². The maximum atomic E-state index is 10.8. The molecule has 0 fully saturated rings. The summed E-state index contributed by atoms with van der Waals surface area (Å²) in [5, 5.41) is 18.6. The Bertz CT molecular complexity index is 505. The molecule has 0 radical (unpaired) electrons. The van der Waals surface area contributed by atoms with E-state index < -0.39 is 5.97 Å². The third-order valence-electron chi connectivity index (χ3n) is 2.04. The van der Waals surface area contributed by atoms with Crippen molar-refractivity contribution in [3.8, 4) is 11.3 Å². The zero-order valence-electron chi connectivity index (χ0n) is 8.06. The molecule has 15 heavy (non-hydrogen) atoms. The molecule has 0 unspecified atom stereocenters. The van der Waals surface area contributed by atoms with E-state index in [9.17, 15) is 4.79 Å². The van der Waals surface area contributed by atoms with Crippen LogP contribution >= 0.6 is 0 Å². The molecule has 5 heteroatoms. The van der Waals surface area contributed by atoms with E-state index in [2.05, 4.69) is 15.4 Å². The fourth-order valence-corrected chi connectivity index (χ4v) is 1.37. The predicted molar refractivity (Wildman–Crippen MR) is 53.5 cm³/mol. The molecule has 1 aromatic heterocycles. The fourth-order valence-electron chi connectivity index (χ4n) is 1.37. The van der Waals surface area contributed by atoms with Crippen LogP contribution in [-0.4, -0.2) is 26.5 Å². The number of carbonyl (C=O) groups is 1. The lowest BCUT2D eigenvalue weighted by molar-refractivity contribution is 0.0691. The number of hydrogen-bond donors (Lipinski definition) is 2. The van der Waals surface area contributed by atoms with Crippen molar-refractivity contribution in [2.45, 2.75) is 6.92 Å². The Labute approximate surface area is 85.8 Å². The number of H-pyrrole nitrogens is 1. The summed E-state index contributed by atoms with van der Waals surface area (Å²) in [6, 6.07) is 7.45. The van der Waals surface area contributed by atoms with E-state index in [1.54, 1.807) is 6.07 Å². The summed E-state index contributed by atoms with van der Waals surface area (Å²) < 4.78 is 0. The molecule has 5 nitrogen and oxygen atoms in total. The number of aromatic amines is 1. The highest BCUT2D eigenvalue weighted by Crippen LogP contribution is 2.20. The molecule has 76 valence electrons. The van der Waals surface area contributed by atoms with Crippen molar-refractivity contribution in [2.75, 3.05) is 0 Å². The fraction of sp³-hybridized carbons (Fsp3) is 0.100. The van der Waals surface area contributed by atoms with Crippen molar-refractivity contribution in [1.29, 1.82) is 0 Å². The Hall–Kier alpha value is -2.17. The summed E-state index contributed by atoms with van der Waals surface area (Å²) in [5.41, 5.74) is 2.11. The Kier molecular flexibility index (Phi) is 2.21. The lowest BCUT2D eigenvalue weighted by atomic mass is 10.1. The van der Waals surface area contributed by atoms with E-state index in [0.717, 1.165) is 11.1 Å². The molecule has 0 aliphatic rings. The van der Waals surface area contributed by atoms with Gasteiger partial charge in [-0.05, 0) is 13.0 Å². The molecule has 2 N–H and O–H groups in total. The molecular weight excluding hydrogens is 194 g/mol. The molecule has 0 bridgehead atoms. The van der Waals surface area contributed by atoms with Gasteiger partial charge in [-0.3, -0.25) is 0 Å². The summed E-state index contributed by atoms with van der Waals surface area (Å²) in [6.07, 6.45) is 0. The van der Waals surface area contributed by atoms with Crippen LogP contribution in [0, 0.1) is 6.92 Å². The van der Waals surface area contributed by atoms with Crippen LogP contribution in [-0.2, 0) is 0 Å². The first-order valence-electron chi connectivity index (χ1n) is 4.39. The van der Waals surface area contributed by atoms with Crippen molar-refractivity contribution in [3.63, 3.8) is 0 Å². The second kappa shape index (κ2) is 3.53. The van der Waals surface area contributed by atoms with Crippen LogP contribution in [0.2, 0.25) is 0 Å². The topological polar surface area (TPSA) is 78.9 Å². The zero-order valence-corrected chi connectivity index (χ0v) is 8.06. The first-order chi connectivity index (χ1) is 7.18. The number of carboxylic acids is 1. The smallest absolute Gasteiger partial charge is 0.358 e. The number of nitrogens with one attached hydrogen (secondary N) is 1. The standard InChI is InChI=1S/C10H9N3O2/c1-6-3-2-4-7(5-6)8-9(10(14)15)12-13-11-8/h2-5H,1H3,(H,14,15)(H,11,12,13). The van der Waals surface area contributed by atoms with E-state index in [1.807, 2.05) is 25.1 Å². The molecule has 0 amide bonds. The average molecular weight is 203 g/mol. The lowest BCUT2D eigenvalue weighted by Gasteiger charge is -1.98. The van der Waals surface area contributed by atoms with Crippen molar-refractivity contribution in [2.24, 2.45) is 0 Å². The largest absolute Gasteiger partial charge is 0.476 e.